The number of nitrogens with zero attached hydrogens (tertiary/aromatic N) is 4. The second kappa shape index (κ2) is 15.4. The van der Waals surface area contributed by atoms with Crippen LogP contribution in [0.25, 0.3) is 0 Å². The molecule has 1 saturated carbocycles. The predicted octanol–water partition coefficient (Wildman–Crippen LogP) is 10.9. The number of aliphatic imine (C=N–C) groups is 2. The minimum absolute atomic E-state index is 0.0164. The van der Waals surface area contributed by atoms with Crippen LogP contribution in [0.5, 0.6) is 11.5 Å². The normalized spacial score (nSPS) is 16.1. The van der Waals surface area contributed by atoms with Crippen LogP contribution in [0, 0.1) is 0 Å². The van der Waals surface area contributed by atoms with Crippen molar-refractivity contribution in [1.29, 1.82) is 0 Å². The minimum Gasteiger partial charge on any atom is -0.507 e. The molecule has 1 aliphatic rings. The molecule has 50 heavy (non-hydrogen) atoms. The molecular weight excluding hydrogens is 617 g/mol. The van der Waals surface area contributed by atoms with Crippen molar-refractivity contribution in [3.8, 4) is 11.5 Å². The smallest absolute Gasteiger partial charge is 0.126 e. The summed E-state index contributed by atoms with van der Waals surface area (Å²) in [5.41, 5.74) is 7.08. The van der Waals surface area contributed by atoms with E-state index >= 15 is 0 Å². The number of aromatic hydroxyl groups is 2. The number of para-hydroxylation sites is 4. The van der Waals surface area contributed by atoms with Crippen molar-refractivity contribution in [1.82, 2.24) is 0 Å². The van der Waals surface area contributed by atoms with Crippen molar-refractivity contribution in [2.75, 3.05) is 9.80 Å². The van der Waals surface area contributed by atoms with Crippen LogP contribution in [0.4, 0.5) is 34.1 Å². The number of rotatable bonds is 10. The van der Waals surface area contributed by atoms with Crippen molar-refractivity contribution in [2.45, 2.75) is 37.8 Å². The number of phenols is 2. The van der Waals surface area contributed by atoms with E-state index in [0.717, 1.165) is 59.8 Å². The number of anilines is 6. The molecule has 0 saturated heterocycles. The lowest BCUT2D eigenvalue weighted by atomic mass is 9.91. The summed E-state index contributed by atoms with van der Waals surface area (Å²) >= 11 is 0. The Labute approximate surface area is 294 Å². The molecule has 1 aliphatic carbocycles. The molecule has 0 amide bonds. The highest BCUT2D eigenvalue weighted by Crippen LogP contribution is 2.38. The van der Waals surface area contributed by atoms with Gasteiger partial charge in [-0.1, -0.05) is 85.6 Å². The molecule has 2 unspecified atom stereocenters. The topological polar surface area (TPSA) is 71.7 Å². The summed E-state index contributed by atoms with van der Waals surface area (Å²) in [6, 6.07) is 52.0. The Bertz CT molecular complexity index is 1820. The Morgan fingerprint density at radius 3 is 1.04 bits per heavy atom. The quantitative estimate of drug-likeness (QED) is 0.144. The van der Waals surface area contributed by atoms with E-state index in [9.17, 15) is 10.2 Å². The zero-order valence-corrected chi connectivity index (χ0v) is 27.8. The zero-order chi connectivity index (χ0) is 34.1. The SMILES string of the molecule is Oc1cc(N(c2ccccc2)c2ccccc2)ccc1C=NC1CCCCC1N=Cc1ccc(N(c2ccccc2)c2ccccc2)cc1O. The fraction of sp³-hybridized carbons (Fsp3) is 0.136. The third kappa shape index (κ3) is 7.45. The van der Waals surface area contributed by atoms with Crippen LogP contribution in [0.15, 0.2) is 168 Å². The maximum absolute atomic E-state index is 11.1. The van der Waals surface area contributed by atoms with E-state index in [1.54, 1.807) is 24.6 Å². The third-order valence-corrected chi connectivity index (χ3v) is 9.11. The van der Waals surface area contributed by atoms with E-state index in [4.69, 9.17) is 9.98 Å². The average Bonchev–Trinajstić information content (AvgIpc) is 3.16. The highest BCUT2D eigenvalue weighted by Gasteiger charge is 2.24. The molecule has 6 aromatic rings. The van der Waals surface area contributed by atoms with E-state index in [-0.39, 0.29) is 23.6 Å². The van der Waals surface area contributed by atoms with Gasteiger partial charge in [0, 0.05) is 69.8 Å². The van der Waals surface area contributed by atoms with Crippen LogP contribution in [0.1, 0.15) is 36.8 Å². The maximum Gasteiger partial charge on any atom is 0.126 e. The Morgan fingerprint density at radius 2 is 0.740 bits per heavy atom. The lowest BCUT2D eigenvalue weighted by Gasteiger charge is -2.26. The van der Waals surface area contributed by atoms with E-state index < -0.39 is 0 Å². The fourth-order valence-electron chi connectivity index (χ4n) is 6.55. The summed E-state index contributed by atoms with van der Waals surface area (Å²) in [4.78, 5) is 14.1. The number of phenolic OH excluding ortho intramolecular Hbond substituents is 2. The molecule has 7 rings (SSSR count). The van der Waals surface area contributed by atoms with Crippen molar-refractivity contribution in [3.63, 3.8) is 0 Å². The van der Waals surface area contributed by atoms with Crippen molar-refractivity contribution in [2.24, 2.45) is 9.98 Å². The first-order valence-electron chi connectivity index (χ1n) is 17.2. The Balaban J connectivity index is 1.09. The molecular formula is C44H40N4O2. The second-order valence-electron chi connectivity index (χ2n) is 12.5. The maximum atomic E-state index is 11.1. The van der Waals surface area contributed by atoms with Gasteiger partial charge in [0.15, 0.2) is 0 Å². The molecule has 6 heteroatoms. The number of hydrogen-bond donors (Lipinski definition) is 2. The lowest BCUT2D eigenvalue weighted by Crippen LogP contribution is -2.27. The number of hydrogen-bond acceptors (Lipinski definition) is 6. The van der Waals surface area contributed by atoms with Crippen LogP contribution < -0.4 is 9.80 Å². The summed E-state index contributed by atoms with van der Waals surface area (Å²) in [6.07, 6.45) is 7.55. The van der Waals surface area contributed by atoms with Gasteiger partial charge in [-0.15, -0.1) is 0 Å². The molecule has 2 atom stereocenters. The average molecular weight is 657 g/mol. The summed E-state index contributed by atoms with van der Waals surface area (Å²) in [5.74, 6) is 0.341. The van der Waals surface area contributed by atoms with E-state index in [1.165, 1.54) is 0 Å². The fourth-order valence-corrected chi connectivity index (χ4v) is 6.55. The van der Waals surface area contributed by atoms with Gasteiger partial charge < -0.3 is 20.0 Å². The third-order valence-electron chi connectivity index (χ3n) is 9.11. The molecule has 6 nitrogen and oxygen atoms in total. The lowest BCUT2D eigenvalue weighted by molar-refractivity contribution is 0.390. The van der Waals surface area contributed by atoms with Crippen molar-refractivity contribution < 1.29 is 10.2 Å². The molecule has 0 radical (unpaired) electrons. The van der Waals surface area contributed by atoms with Gasteiger partial charge in [-0.05, 0) is 85.6 Å². The zero-order valence-electron chi connectivity index (χ0n) is 27.8. The van der Waals surface area contributed by atoms with E-state index in [1.807, 2.05) is 97.1 Å². The monoisotopic (exact) mass is 656 g/mol. The first-order valence-corrected chi connectivity index (χ1v) is 17.2. The molecule has 1 fully saturated rings. The van der Waals surface area contributed by atoms with Gasteiger partial charge in [0.05, 0.1) is 12.1 Å². The molecule has 2 N–H and O–H groups in total. The summed E-state index contributed by atoms with van der Waals surface area (Å²) in [7, 11) is 0. The largest absolute Gasteiger partial charge is 0.507 e. The van der Waals surface area contributed by atoms with Crippen LogP contribution in [0.3, 0.4) is 0 Å². The first kappa shape index (κ1) is 32.4. The van der Waals surface area contributed by atoms with Crippen molar-refractivity contribution >= 4 is 46.6 Å². The van der Waals surface area contributed by atoms with Crippen LogP contribution in [-0.4, -0.2) is 34.7 Å². The van der Waals surface area contributed by atoms with Crippen LogP contribution in [-0.2, 0) is 0 Å². The standard InChI is InChI=1S/C44H40N4O2/c49-43-29-39(47(35-15-5-1-6-16-35)36-17-7-2-8-18-36)27-25-33(43)31-45-41-23-13-14-24-42(41)46-32-34-26-28-40(30-44(34)50)48(37-19-9-3-10-20-37)38-21-11-4-12-22-38/h1-12,15-22,25-32,41-42,49-50H,13-14,23-24H2. The molecule has 0 bridgehead atoms. The van der Waals surface area contributed by atoms with Gasteiger partial charge in [0.25, 0.3) is 0 Å². The van der Waals surface area contributed by atoms with Gasteiger partial charge in [-0.3, -0.25) is 9.98 Å². The number of benzene rings is 6. The molecule has 248 valence electrons. The van der Waals surface area contributed by atoms with E-state index in [2.05, 4.69) is 58.3 Å². The van der Waals surface area contributed by atoms with Gasteiger partial charge in [-0.2, -0.15) is 0 Å². The highest BCUT2D eigenvalue weighted by atomic mass is 16.3. The van der Waals surface area contributed by atoms with Crippen molar-refractivity contribution in [3.05, 3.63) is 169 Å². The summed E-state index contributed by atoms with van der Waals surface area (Å²) in [6.45, 7) is 0. The Morgan fingerprint density at radius 1 is 0.420 bits per heavy atom. The summed E-state index contributed by atoms with van der Waals surface area (Å²) < 4.78 is 0. The molecule has 0 heterocycles. The minimum atomic E-state index is -0.0164. The first-order chi connectivity index (χ1) is 24.6. The Hall–Kier alpha value is -6.14. The van der Waals surface area contributed by atoms with Crippen LogP contribution >= 0.6 is 0 Å². The summed E-state index contributed by atoms with van der Waals surface area (Å²) in [5, 5.41) is 22.3. The second-order valence-corrected chi connectivity index (χ2v) is 12.5. The highest BCUT2D eigenvalue weighted by molar-refractivity contribution is 5.88. The van der Waals surface area contributed by atoms with Crippen LogP contribution in [0.2, 0.25) is 0 Å². The van der Waals surface area contributed by atoms with Gasteiger partial charge in [-0.25, -0.2) is 0 Å². The molecule has 0 spiro atoms. The predicted molar refractivity (Wildman–Crippen MR) is 207 cm³/mol. The van der Waals surface area contributed by atoms with Gasteiger partial charge >= 0.3 is 0 Å². The van der Waals surface area contributed by atoms with Gasteiger partial charge in [0.1, 0.15) is 11.5 Å². The molecule has 6 aromatic carbocycles. The van der Waals surface area contributed by atoms with Gasteiger partial charge in [0.2, 0.25) is 0 Å². The molecule has 0 aromatic heterocycles. The molecule has 0 aliphatic heterocycles. The Kier molecular flexibility index (Phi) is 9.97. The van der Waals surface area contributed by atoms with E-state index in [0.29, 0.717) is 11.1 Å².